The number of rotatable bonds is 2. The van der Waals surface area contributed by atoms with Gasteiger partial charge < -0.3 is 10.1 Å². The summed E-state index contributed by atoms with van der Waals surface area (Å²) < 4.78 is 5.31. The highest BCUT2D eigenvalue weighted by atomic mass is 16.5. The highest BCUT2D eigenvalue weighted by Crippen LogP contribution is 2.09. The van der Waals surface area contributed by atoms with Crippen LogP contribution in [-0.4, -0.2) is 19.5 Å². The molecule has 0 amide bonds. The third-order valence-electron chi connectivity index (χ3n) is 2.33. The first kappa shape index (κ1) is 9.49. The van der Waals surface area contributed by atoms with Crippen molar-refractivity contribution in [3.63, 3.8) is 0 Å². The Kier molecular flexibility index (Phi) is 3.38. The highest BCUT2D eigenvalue weighted by Gasteiger charge is 2.10. The molecule has 1 saturated heterocycles. The summed E-state index contributed by atoms with van der Waals surface area (Å²) >= 11 is 0. The lowest BCUT2D eigenvalue weighted by atomic mass is 10.2. The van der Waals surface area contributed by atoms with Gasteiger partial charge >= 0.3 is 0 Å². The van der Waals surface area contributed by atoms with E-state index in [1.165, 1.54) is 0 Å². The third-order valence-corrected chi connectivity index (χ3v) is 2.33. The molecule has 3 nitrogen and oxygen atoms in total. The van der Waals surface area contributed by atoms with Crippen molar-refractivity contribution in [1.29, 1.82) is 0 Å². The molecule has 1 aromatic carbocycles. The van der Waals surface area contributed by atoms with Crippen LogP contribution in [0, 0.1) is 0 Å². The summed E-state index contributed by atoms with van der Waals surface area (Å²) in [5.74, 6) is 0. The minimum Gasteiger partial charge on any atom is -0.370 e. The van der Waals surface area contributed by atoms with Gasteiger partial charge in [-0.1, -0.05) is 18.2 Å². The highest BCUT2D eigenvalue weighted by molar-refractivity contribution is 5.43. The Morgan fingerprint density at radius 3 is 3.00 bits per heavy atom. The Balaban J connectivity index is 1.90. The molecule has 2 rings (SSSR count). The van der Waals surface area contributed by atoms with Gasteiger partial charge in [0.15, 0.2) is 0 Å². The zero-order chi connectivity index (χ0) is 9.64. The van der Waals surface area contributed by atoms with Crippen molar-refractivity contribution in [1.82, 2.24) is 5.32 Å². The predicted molar refractivity (Wildman–Crippen MR) is 57.0 cm³/mol. The number of hydrogen-bond donors (Lipinski definition) is 2. The van der Waals surface area contributed by atoms with E-state index in [0.717, 1.165) is 25.1 Å². The standard InChI is InChI=1S/C11H16N2O/c1-2-5-10(6-3-1)13-11-7-4-8-14-9-12-11/h1-3,5-6,11-13H,4,7-9H2. The number of benzene rings is 1. The topological polar surface area (TPSA) is 33.3 Å². The lowest BCUT2D eigenvalue weighted by Crippen LogP contribution is -2.35. The molecule has 76 valence electrons. The Hall–Kier alpha value is -1.06. The molecule has 14 heavy (non-hydrogen) atoms. The van der Waals surface area contributed by atoms with Gasteiger partial charge in [0.05, 0.1) is 12.9 Å². The summed E-state index contributed by atoms with van der Waals surface area (Å²) in [6.45, 7) is 1.50. The van der Waals surface area contributed by atoms with Gasteiger partial charge in [0.2, 0.25) is 0 Å². The number of anilines is 1. The molecule has 1 fully saturated rings. The molecule has 0 radical (unpaired) electrons. The molecule has 0 spiro atoms. The van der Waals surface area contributed by atoms with Crippen LogP contribution in [0.3, 0.4) is 0 Å². The Morgan fingerprint density at radius 1 is 1.29 bits per heavy atom. The van der Waals surface area contributed by atoms with Gasteiger partial charge in [-0.3, -0.25) is 5.32 Å². The van der Waals surface area contributed by atoms with Crippen LogP contribution < -0.4 is 10.6 Å². The van der Waals surface area contributed by atoms with Gasteiger partial charge in [-0.05, 0) is 25.0 Å². The monoisotopic (exact) mass is 192 g/mol. The Labute approximate surface area is 84.5 Å². The summed E-state index contributed by atoms with van der Waals surface area (Å²) in [4.78, 5) is 0. The van der Waals surface area contributed by atoms with E-state index in [9.17, 15) is 0 Å². The zero-order valence-corrected chi connectivity index (χ0v) is 8.20. The molecule has 3 heteroatoms. The molecule has 1 unspecified atom stereocenters. The van der Waals surface area contributed by atoms with Crippen molar-refractivity contribution in [2.75, 3.05) is 18.7 Å². The third kappa shape index (κ3) is 2.72. The molecule has 1 heterocycles. The fourth-order valence-corrected chi connectivity index (χ4v) is 1.58. The smallest absolute Gasteiger partial charge is 0.0980 e. The fraction of sp³-hybridized carbons (Fsp3) is 0.455. The average molecular weight is 192 g/mol. The minimum atomic E-state index is 0.333. The van der Waals surface area contributed by atoms with E-state index < -0.39 is 0 Å². The Bertz CT molecular complexity index is 255. The van der Waals surface area contributed by atoms with Crippen LogP contribution in [0.5, 0.6) is 0 Å². The van der Waals surface area contributed by atoms with Crippen molar-refractivity contribution in [2.24, 2.45) is 0 Å². The van der Waals surface area contributed by atoms with Crippen LogP contribution in [0.1, 0.15) is 12.8 Å². The van der Waals surface area contributed by atoms with Crippen LogP contribution in [0.15, 0.2) is 30.3 Å². The van der Waals surface area contributed by atoms with E-state index in [1.54, 1.807) is 0 Å². The molecule has 2 N–H and O–H groups in total. The van der Waals surface area contributed by atoms with Gasteiger partial charge in [0.1, 0.15) is 0 Å². The number of hydrogen-bond acceptors (Lipinski definition) is 3. The van der Waals surface area contributed by atoms with E-state index in [2.05, 4.69) is 22.8 Å². The molecule has 1 aliphatic heterocycles. The molecule has 0 aromatic heterocycles. The summed E-state index contributed by atoms with van der Waals surface area (Å²) in [6, 6.07) is 10.3. The van der Waals surface area contributed by atoms with Gasteiger partial charge in [0, 0.05) is 12.3 Å². The minimum absolute atomic E-state index is 0.333. The molecule has 1 atom stereocenters. The maximum absolute atomic E-state index is 5.31. The average Bonchev–Trinajstić information content (AvgIpc) is 2.48. The number of ether oxygens (including phenoxy) is 1. The SMILES string of the molecule is c1ccc(NC2CCCOCN2)cc1. The van der Waals surface area contributed by atoms with Gasteiger partial charge in [-0.2, -0.15) is 0 Å². The molecule has 1 aliphatic rings. The molecule has 0 bridgehead atoms. The maximum atomic E-state index is 5.31. The van der Waals surface area contributed by atoms with E-state index in [1.807, 2.05) is 18.2 Å². The lowest BCUT2D eigenvalue weighted by molar-refractivity contribution is 0.129. The van der Waals surface area contributed by atoms with E-state index in [0.29, 0.717) is 12.9 Å². The quantitative estimate of drug-likeness (QED) is 0.749. The second kappa shape index (κ2) is 4.98. The van der Waals surface area contributed by atoms with Crippen molar-refractivity contribution < 1.29 is 4.74 Å². The van der Waals surface area contributed by atoms with Crippen LogP contribution in [0.2, 0.25) is 0 Å². The number of para-hydroxylation sites is 1. The van der Waals surface area contributed by atoms with Crippen LogP contribution >= 0.6 is 0 Å². The fourth-order valence-electron chi connectivity index (χ4n) is 1.58. The van der Waals surface area contributed by atoms with Crippen LogP contribution in [0.25, 0.3) is 0 Å². The molecule has 1 aromatic rings. The summed E-state index contributed by atoms with van der Waals surface area (Å²) in [6.07, 6.45) is 2.55. The van der Waals surface area contributed by atoms with Crippen LogP contribution in [-0.2, 0) is 4.74 Å². The second-order valence-corrected chi connectivity index (χ2v) is 3.46. The predicted octanol–water partition coefficient (Wildman–Crippen LogP) is 1.78. The maximum Gasteiger partial charge on any atom is 0.0980 e. The lowest BCUT2D eigenvalue weighted by Gasteiger charge is -2.18. The summed E-state index contributed by atoms with van der Waals surface area (Å²) in [5, 5.41) is 6.73. The zero-order valence-electron chi connectivity index (χ0n) is 8.20. The van der Waals surface area contributed by atoms with Crippen molar-refractivity contribution >= 4 is 5.69 Å². The molecular formula is C11H16N2O. The van der Waals surface area contributed by atoms with E-state index in [4.69, 9.17) is 4.74 Å². The molecule has 0 aliphatic carbocycles. The molecule has 0 saturated carbocycles. The van der Waals surface area contributed by atoms with E-state index in [-0.39, 0.29) is 0 Å². The van der Waals surface area contributed by atoms with Gasteiger partial charge in [0.25, 0.3) is 0 Å². The summed E-state index contributed by atoms with van der Waals surface area (Å²) in [7, 11) is 0. The van der Waals surface area contributed by atoms with Crippen molar-refractivity contribution in [3.8, 4) is 0 Å². The first-order valence-corrected chi connectivity index (χ1v) is 5.08. The van der Waals surface area contributed by atoms with Crippen LogP contribution in [0.4, 0.5) is 5.69 Å². The van der Waals surface area contributed by atoms with Gasteiger partial charge in [-0.25, -0.2) is 0 Å². The normalized spacial score (nSPS) is 22.7. The Morgan fingerprint density at radius 2 is 2.14 bits per heavy atom. The molecular weight excluding hydrogens is 176 g/mol. The van der Waals surface area contributed by atoms with Crippen molar-refractivity contribution in [2.45, 2.75) is 19.0 Å². The summed E-state index contributed by atoms with van der Waals surface area (Å²) in [5.41, 5.74) is 1.16. The largest absolute Gasteiger partial charge is 0.370 e. The van der Waals surface area contributed by atoms with Crippen molar-refractivity contribution in [3.05, 3.63) is 30.3 Å². The van der Waals surface area contributed by atoms with Gasteiger partial charge in [-0.15, -0.1) is 0 Å². The first-order valence-electron chi connectivity index (χ1n) is 5.08. The number of nitrogens with one attached hydrogen (secondary N) is 2. The van der Waals surface area contributed by atoms with E-state index >= 15 is 0 Å². The first-order chi connectivity index (χ1) is 6.95. The second-order valence-electron chi connectivity index (χ2n) is 3.46.